The van der Waals surface area contributed by atoms with Gasteiger partial charge in [-0.3, -0.25) is 28.7 Å². The summed E-state index contributed by atoms with van der Waals surface area (Å²) >= 11 is 1.23. The zero-order valence-electron chi connectivity index (χ0n) is 32.3. The lowest BCUT2D eigenvalue weighted by molar-refractivity contribution is -0.159. The summed E-state index contributed by atoms with van der Waals surface area (Å²) in [7, 11) is -2.32. The van der Waals surface area contributed by atoms with Crippen molar-refractivity contribution in [3.05, 3.63) is 46.8 Å². The summed E-state index contributed by atoms with van der Waals surface area (Å²) in [5.74, 6) is -3.71. The van der Waals surface area contributed by atoms with Gasteiger partial charge in [-0.1, -0.05) is 25.0 Å². The molecule has 4 heterocycles. The Balaban J connectivity index is 1.16. The van der Waals surface area contributed by atoms with E-state index in [1.54, 1.807) is 32.8 Å². The fraction of sp³-hybridized carbons (Fsp3) is 0.600. The highest BCUT2D eigenvalue weighted by Gasteiger charge is 2.63. The van der Waals surface area contributed by atoms with Gasteiger partial charge in [0, 0.05) is 54.2 Å². The van der Waals surface area contributed by atoms with Crippen molar-refractivity contribution in [1.29, 1.82) is 0 Å². The van der Waals surface area contributed by atoms with E-state index in [1.807, 2.05) is 41.8 Å². The molecule has 4 amide bonds. The molecule has 4 fully saturated rings. The van der Waals surface area contributed by atoms with Gasteiger partial charge < -0.3 is 24.6 Å². The Morgan fingerprint density at radius 3 is 2.48 bits per heavy atom. The van der Waals surface area contributed by atoms with Crippen molar-refractivity contribution in [3.63, 3.8) is 0 Å². The summed E-state index contributed by atoms with van der Waals surface area (Å²) in [4.78, 5) is 78.0. The quantitative estimate of drug-likeness (QED) is 0.292. The number of nitrogens with zero attached hydrogens (tertiary/aromatic N) is 3. The average Bonchev–Trinajstić information content (AvgIpc) is 3.96. The van der Waals surface area contributed by atoms with E-state index in [1.165, 1.54) is 16.2 Å². The molecule has 2 aliphatic carbocycles. The van der Waals surface area contributed by atoms with E-state index in [4.69, 9.17) is 9.47 Å². The molecule has 3 aliphatic heterocycles. The molecule has 6 atom stereocenters. The van der Waals surface area contributed by atoms with Crippen LogP contribution < -0.4 is 14.8 Å². The van der Waals surface area contributed by atoms with Gasteiger partial charge in [0.1, 0.15) is 22.9 Å². The maximum atomic E-state index is 14.7. The lowest BCUT2D eigenvalue weighted by atomic mass is 9.92. The highest BCUT2D eigenvalue weighted by atomic mass is 32.2. The number of rotatable bonds is 8. The predicted molar refractivity (Wildman–Crippen MR) is 208 cm³/mol. The van der Waals surface area contributed by atoms with Crippen molar-refractivity contribution in [1.82, 2.24) is 24.8 Å². The number of esters is 1. The van der Waals surface area contributed by atoms with Gasteiger partial charge in [-0.15, -0.1) is 11.3 Å². The van der Waals surface area contributed by atoms with E-state index in [-0.39, 0.29) is 50.2 Å². The number of hydrogen-bond acceptors (Lipinski definition) is 11. The first-order valence-corrected chi connectivity index (χ1v) is 22.0. The monoisotopic (exact) mass is 809 g/mol. The van der Waals surface area contributed by atoms with Crippen molar-refractivity contribution in [3.8, 4) is 17.0 Å². The van der Waals surface area contributed by atoms with E-state index < -0.39 is 68.0 Å². The fourth-order valence-electron chi connectivity index (χ4n) is 8.35. The number of aromatic nitrogens is 1. The number of benzene rings is 1. The highest BCUT2D eigenvalue weighted by Crippen LogP contribution is 2.47. The van der Waals surface area contributed by atoms with Crippen LogP contribution in [0.15, 0.2) is 41.8 Å². The Morgan fingerprint density at radius 2 is 1.79 bits per heavy atom. The second-order valence-corrected chi connectivity index (χ2v) is 19.7. The number of thiazole rings is 1. The molecule has 7 rings (SSSR count). The van der Waals surface area contributed by atoms with Crippen molar-refractivity contribution in [2.45, 2.75) is 101 Å². The van der Waals surface area contributed by atoms with Gasteiger partial charge in [-0.25, -0.2) is 13.4 Å². The van der Waals surface area contributed by atoms with Gasteiger partial charge in [-0.05, 0) is 83.6 Å². The second-order valence-electron chi connectivity index (χ2n) is 16.8. The Morgan fingerprint density at radius 1 is 1.04 bits per heavy atom. The Hall–Kier alpha value is -4.31. The number of carbonyl (C=O) groups excluding carboxylic acids is 5. The lowest BCUT2D eigenvalue weighted by Gasteiger charge is -2.32. The molecule has 1 aromatic carbocycles. The SMILES string of the molecule is COc1ccc(-c2csc(C(=O)N3C[C@H]4CN5C(=O)[C@@H](CC(=O)OC(C)(C)C)CCCCC/C=C\[C@@H]6C[C@@]6(C(=O)NS(=O)(=O)C6CC6)NC(=O)[C@@H]5[C@H]4C3)n2)cc1. The predicted octanol–water partition coefficient (Wildman–Crippen LogP) is 4.07. The number of ether oxygens (including phenoxy) is 2. The third-order valence-electron chi connectivity index (χ3n) is 11.5. The molecule has 0 spiro atoms. The molecule has 2 saturated heterocycles. The molecule has 302 valence electrons. The standard InChI is InChI=1S/C40H51N5O9S2/c1-39(2,3)54-32(46)18-25-10-8-6-5-7-9-11-27-19-40(27,38(50)43-56(51,52)29-16-17-29)42-34(47)33-30-22-44(20-26(30)21-45(33)36(25)48)37(49)35-41-31(23-55-35)24-12-14-28(53-4)15-13-24/h9,11-15,23,25-27,29-30,33H,5-8,10,16-22H2,1-4H3,(H,42,47)(H,43,50)/b11-9-/t25-,26+,27-,30+,33+,40-/m1/s1. The topological polar surface area (TPSA) is 181 Å². The minimum absolute atomic E-state index is 0.144. The first-order valence-electron chi connectivity index (χ1n) is 19.5. The number of likely N-dealkylation sites (tertiary alicyclic amines) is 1. The van der Waals surface area contributed by atoms with Crippen LogP contribution in [0.2, 0.25) is 0 Å². The van der Waals surface area contributed by atoms with Crippen LogP contribution >= 0.6 is 11.3 Å². The molecule has 56 heavy (non-hydrogen) atoms. The molecule has 16 heteroatoms. The molecule has 14 nitrogen and oxygen atoms in total. The third kappa shape index (κ3) is 8.50. The molecule has 0 bridgehead atoms. The van der Waals surface area contributed by atoms with Gasteiger partial charge in [-0.2, -0.15) is 0 Å². The number of hydrogen-bond donors (Lipinski definition) is 2. The first-order chi connectivity index (χ1) is 26.6. The van der Waals surface area contributed by atoms with Crippen molar-refractivity contribution < 1.29 is 41.9 Å². The molecule has 2 N–H and O–H groups in total. The average molecular weight is 810 g/mol. The van der Waals surface area contributed by atoms with Crippen LogP contribution in [0, 0.1) is 23.7 Å². The van der Waals surface area contributed by atoms with Gasteiger partial charge in [0.2, 0.25) is 21.8 Å². The molecule has 1 aromatic heterocycles. The summed E-state index contributed by atoms with van der Waals surface area (Å²) in [6.07, 6.45) is 8.29. The Bertz CT molecular complexity index is 2000. The van der Waals surface area contributed by atoms with E-state index >= 15 is 0 Å². The smallest absolute Gasteiger partial charge is 0.307 e. The van der Waals surface area contributed by atoms with Gasteiger partial charge in [0.15, 0.2) is 5.01 Å². The molecule has 0 radical (unpaired) electrons. The summed E-state index contributed by atoms with van der Waals surface area (Å²) in [5, 5.41) is 4.42. The van der Waals surface area contributed by atoms with Gasteiger partial charge >= 0.3 is 5.97 Å². The number of allylic oxidation sites excluding steroid dienone is 1. The highest BCUT2D eigenvalue weighted by molar-refractivity contribution is 7.91. The molecule has 2 saturated carbocycles. The molecule has 2 aromatic rings. The van der Waals surface area contributed by atoms with Gasteiger partial charge in [0.25, 0.3) is 11.8 Å². The van der Waals surface area contributed by atoms with E-state index in [0.29, 0.717) is 48.6 Å². The van der Waals surface area contributed by atoms with Gasteiger partial charge in [0.05, 0.1) is 24.5 Å². The molecular weight excluding hydrogens is 759 g/mol. The third-order valence-corrected chi connectivity index (χ3v) is 14.2. The number of carbonyl (C=O) groups is 5. The zero-order valence-corrected chi connectivity index (χ0v) is 34.0. The van der Waals surface area contributed by atoms with E-state index in [0.717, 1.165) is 18.4 Å². The van der Waals surface area contributed by atoms with Crippen molar-refractivity contribution >= 4 is 51.0 Å². The minimum Gasteiger partial charge on any atom is -0.497 e. The van der Waals surface area contributed by atoms with Crippen LogP contribution in [0.3, 0.4) is 0 Å². The number of sulfonamides is 1. The van der Waals surface area contributed by atoms with Crippen molar-refractivity contribution in [2.24, 2.45) is 23.7 Å². The molecular formula is C40H51N5O9S2. The number of nitrogens with one attached hydrogen (secondary N) is 2. The summed E-state index contributed by atoms with van der Waals surface area (Å²) in [6, 6.07) is 6.31. The zero-order chi connectivity index (χ0) is 40.0. The van der Waals surface area contributed by atoms with Crippen molar-refractivity contribution in [2.75, 3.05) is 26.7 Å². The maximum absolute atomic E-state index is 14.7. The summed E-state index contributed by atoms with van der Waals surface area (Å²) in [6.45, 7) is 5.92. The minimum atomic E-state index is -3.90. The first kappa shape index (κ1) is 39.9. The number of amides is 4. The van der Waals surface area contributed by atoms with E-state index in [2.05, 4.69) is 15.0 Å². The van der Waals surface area contributed by atoms with Crippen LogP contribution in [0.1, 0.15) is 88.4 Å². The number of fused-ring (bicyclic) bond motifs is 4. The second kappa shape index (κ2) is 15.6. The molecule has 5 aliphatic rings. The maximum Gasteiger partial charge on any atom is 0.307 e. The van der Waals surface area contributed by atoms with Crippen LogP contribution in [-0.2, 0) is 33.9 Å². The van der Waals surface area contributed by atoms with Crippen LogP contribution in [-0.4, -0.2) is 102 Å². The summed E-state index contributed by atoms with van der Waals surface area (Å²) < 4.78 is 38.9. The number of methoxy groups -OCH3 is 1. The van der Waals surface area contributed by atoms with Crippen LogP contribution in [0.25, 0.3) is 11.3 Å². The Labute approximate surface area is 331 Å². The summed E-state index contributed by atoms with van der Waals surface area (Å²) in [5.41, 5.74) is -0.775. The van der Waals surface area contributed by atoms with Crippen LogP contribution in [0.5, 0.6) is 5.75 Å². The lowest BCUT2D eigenvalue weighted by Crippen LogP contribution is -2.58. The van der Waals surface area contributed by atoms with E-state index in [9.17, 15) is 32.4 Å². The van der Waals surface area contributed by atoms with Crippen LogP contribution in [0.4, 0.5) is 0 Å². The normalized spacial score (nSPS) is 28.8. The fourth-order valence-corrected chi connectivity index (χ4v) is 10.5. The molecule has 0 unspecified atom stereocenters. The largest absolute Gasteiger partial charge is 0.497 e. The Kier molecular flexibility index (Phi) is 11.1.